The number of carbonyl (C=O) groups excluding carboxylic acids is 2. The molecule has 2 aromatic rings. The van der Waals surface area contributed by atoms with Crippen LogP contribution in [0.3, 0.4) is 0 Å². The van der Waals surface area contributed by atoms with Gasteiger partial charge in [0.25, 0.3) is 0 Å². The second-order valence-corrected chi connectivity index (χ2v) is 9.15. The number of aryl methyl sites for hydroxylation is 1. The van der Waals surface area contributed by atoms with Gasteiger partial charge in [-0.2, -0.15) is 0 Å². The smallest absolute Gasteiger partial charge is 0.338 e. The van der Waals surface area contributed by atoms with Crippen molar-refractivity contribution in [1.82, 2.24) is 0 Å². The fourth-order valence-corrected chi connectivity index (χ4v) is 5.41. The lowest BCUT2D eigenvalue weighted by atomic mass is 9.90. The van der Waals surface area contributed by atoms with Crippen LogP contribution in [0, 0.1) is 18.7 Å². The van der Waals surface area contributed by atoms with Crippen molar-refractivity contribution in [2.24, 2.45) is 5.92 Å². The lowest BCUT2D eigenvalue weighted by molar-refractivity contribution is -0.115. The van der Waals surface area contributed by atoms with E-state index in [2.05, 4.69) is 0 Å². The molecule has 1 aliphatic heterocycles. The highest BCUT2D eigenvalue weighted by Gasteiger charge is 2.35. The van der Waals surface area contributed by atoms with Crippen LogP contribution in [0.2, 0.25) is 0 Å². The van der Waals surface area contributed by atoms with Gasteiger partial charge in [0.2, 0.25) is 5.91 Å². The molecule has 4 nitrogen and oxygen atoms in total. The van der Waals surface area contributed by atoms with Crippen molar-refractivity contribution in [2.75, 3.05) is 17.3 Å². The van der Waals surface area contributed by atoms with Crippen LogP contribution in [-0.2, 0) is 9.53 Å². The molecule has 2 fully saturated rings. The van der Waals surface area contributed by atoms with Crippen molar-refractivity contribution in [3.8, 4) is 0 Å². The third-order valence-corrected chi connectivity index (χ3v) is 7.10. The van der Waals surface area contributed by atoms with E-state index in [1.54, 1.807) is 29.2 Å². The highest BCUT2D eigenvalue weighted by Crippen LogP contribution is 2.42. The first-order valence-electron chi connectivity index (χ1n) is 10.5. The van der Waals surface area contributed by atoms with E-state index >= 15 is 0 Å². The highest BCUT2D eigenvalue weighted by molar-refractivity contribution is 8.00. The number of esters is 1. The van der Waals surface area contributed by atoms with Gasteiger partial charge in [-0.05, 0) is 67.1 Å². The Hall–Kier alpha value is -2.34. The van der Waals surface area contributed by atoms with E-state index in [4.69, 9.17) is 4.74 Å². The molecule has 1 atom stereocenters. The van der Waals surface area contributed by atoms with Gasteiger partial charge in [0, 0.05) is 5.69 Å². The Balaban J connectivity index is 1.49. The van der Waals surface area contributed by atoms with Gasteiger partial charge in [0.1, 0.15) is 11.2 Å². The van der Waals surface area contributed by atoms with Gasteiger partial charge in [-0.1, -0.05) is 31.4 Å². The van der Waals surface area contributed by atoms with E-state index in [0.29, 0.717) is 23.8 Å². The number of carbonyl (C=O) groups is 2. The zero-order chi connectivity index (χ0) is 21.1. The number of thioether (sulfide) groups is 1. The van der Waals surface area contributed by atoms with Crippen LogP contribution in [0.1, 0.15) is 59.0 Å². The molecule has 1 saturated carbocycles. The number of halogens is 1. The number of hydrogen-bond acceptors (Lipinski definition) is 4. The lowest BCUT2D eigenvalue weighted by Crippen LogP contribution is -2.28. The van der Waals surface area contributed by atoms with E-state index in [1.165, 1.54) is 43.2 Å². The van der Waals surface area contributed by atoms with Gasteiger partial charge < -0.3 is 4.74 Å². The fraction of sp³-hybridized carbons (Fsp3) is 0.417. The third-order valence-electron chi connectivity index (χ3n) is 5.89. The number of amides is 1. The van der Waals surface area contributed by atoms with Crippen molar-refractivity contribution >= 4 is 29.3 Å². The Morgan fingerprint density at radius 3 is 2.57 bits per heavy atom. The largest absolute Gasteiger partial charge is 0.462 e. The summed E-state index contributed by atoms with van der Waals surface area (Å²) in [5.41, 5.74) is 2.99. The Labute approximate surface area is 180 Å². The van der Waals surface area contributed by atoms with E-state index in [9.17, 15) is 14.0 Å². The van der Waals surface area contributed by atoms with Crippen molar-refractivity contribution in [3.63, 3.8) is 0 Å². The first kappa shape index (κ1) is 20.9. The molecule has 1 saturated heterocycles. The predicted octanol–water partition coefficient (Wildman–Crippen LogP) is 5.65. The summed E-state index contributed by atoms with van der Waals surface area (Å²) in [7, 11) is 0. The molecule has 0 spiro atoms. The zero-order valence-corrected chi connectivity index (χ0v) is 17.9. The minimum atomic E-state index is -0.313. The number of benzene rings is 2. The zero-order valence-electron chi connectivity index (χ0n) is 17.1. The first-order valence-corrected chi connectivity index (χ1v) is 11.5. The maximum atomic E-state index is 13.3. The van der Waals surface area contributed by atoms with Gasteiger partial charge in [-0.3, -0.25) is 9.69 Å². The molecule has 1 unspecified atom stereocenters. The standard InChI is InChI=1S/C24H26FNO3S/c1-16-13-19(24(28)29-14-17-5-3-2-4-6-17)9-12-21(16)26-22(27)15-30-23(26)18-7-10-20(25)11-8-18/h7-13,17,23H,2-6,14-15H2,1H3. The monoisotopic (exact) mass is 427 g/mol. The Morgan fingerprint density at radius 1 is 1.13 bits per heavy atom. The quantitative estimate of drug-likeness (QED) is 0.579. The molecule has 158 valence electrons. The van der Waals surface area contributed by atoms with Crippen LogP contribution in [0.4, 0.5) is 10.1 Å². The summed E-state index contributed by atoms with van der Waals surface area (Å²) in [4.78, 5) is 26.9. The van der Waals surface area contributed by atoms with Crippen molar-refractivity contribution < 1.29 is 18.7 Å². The average Bonchev–Trinajstić information content (AvgIpc) is 3.14. The molecule has 0 bridgehead atoms. The van der Waals surface area contributed by atoms with E-state index in [1.807, 2.05) is 13.0 Å². The predicted molar refractivity (Wildman–Crippen MR) is 117 cm³/mol. The Bertz CT molecular complexity index is 925. The Kier molecular flexibility index (Phi) is 6.42. The number of ether oxygens (including phenoxy) is 1. The first-order chi connectivity index (χ1) is 14.5. The van der Waals surface area contributed by atoms with Gasteiger partial charge in [-0.25, -0.2) is 9.18 Å². The van der Waals surface area contributed by atoms with Crippen LogP contribution in [0.15, 0.2) is 42.5 Å². The normalized spacial score (nSPS) is 19.9. The fourth-order valence-electron chi connectivity index (χ4n) is 4.24. The van der Waals surface area contributed by atoms with Crippen molar-refractivity contribution in [3.05, 3.63) is 65.0 Å². The summed E-state index contributed by atoms with van der Waals surface area (Å²) < 4.78 is 18.9. The van der Waals surface area contributed by atoms with E-state index in [0.717, 1.165) is 29.7 Å². The molecule has 2 aliphatic rings. The van der Waals surface area contributed by atoms with Crippen molar-refractivity contribution in [1.29, 1.82) is 0 Å². The minimum Gasteiger partial charge on any atom is -0.462 e. The summed E-state index contributed by atoms with van der Waals surface area (Å²) in [5, 5.41) is -0.207. The Morgan fingerprint density at radius 2 is 1.87 bits per heavy atom. The van der Waals surface area contributed by atoms with Gasteiger partial charge >= 0.3 is 5.97 Å². The van der Waals surface area contributed by atoms with E-state index < -0.39 is 0 Å². The van der Waals surface area contributed by atoms with Crippen LogP contribution in [-0.4, -0.2) is 24.2 Å². The second-order valence-electron chi connectivity index (χ2n) is 8.08. The average molecular weight is 428 g/mol. The number of hydrogen-bond donors (Lipinski definition) is 0. The summed E-state index contributed by atoms with van der Waals surface area (Å²) >= 11 is 1.52. The van der Waals surface area contributed by atoms with E-state index in [-0.39, 0.29) is 23.1 Å². The second kappa shape index (κ2) is 9.21. The van der Waals surface area contributed by atoms with Crippen LogP contribution in [0.5, 0.6) is 0 Å². The van der Waals surface area contributed by atoms with Gasteiger partial charge in [-0.15, -0.1) is 11.8 Å². The molecule has 2 aromatic carbocycles. The molecule has 1 aliphatic carbocycles. The number of nitrogens with zero attached hydrogens (tertiary/aromatic N) is 1. The molecule has 30 heavy (non-hydrogen) atoms. The topological polar surface area (TPSA) is 46.6 Å². The number of anilines is 1. The maximum absolute atomic E-state index is 13.3. The van der Waals surface area contributed by atoms with Crippen LogP contribution >= 0.6 is 11.8 Å². The summed E-state index contributed by atoms with van der Waals surface area (Å²) in [6.45, 7) is 2.37. The summed E-state index contributed by atoms with van der Waals surface area (Å²) in [6, 6.07) is 11.6. The molecule has 0 aromatic heterocycles. The number of rotatable bonds is 5. The molecule has 1 heterocycles. The highest BCUT2D eigenvalue weighted by atomic mass is 32.2. The molecule has 4 rings (SSSR count). The molecule has 0 radical (unpaired) electrons. The van der Waals surface area contributed by atoms with Gasteiger partial charge in [0.05, 0.1) is 17.9 Å². The van der Waals surface area contributed by atoms with Crippen LogP contribution in [0.25, 0.3) is 0 Å². The molecule has 0 N–H and O–H groups in total. The SMILES string of the molecule is Cc1cc(C(=O)OCC2CCCCC2)ccc1N1C(=O)CSC1c1ccc(F)cc1. The van der Waals surface area contributed by atoms with Crippen LogP contribution < -0.4 is 4.90 Å². The molecule has 1 amide bonds. The lowest BCUT2D eigenvalue weighted by Gasteiger charge is -2.26. The molecular weight excluding hydrogens is 401 g/mol. The molecular formula is C24H26FNO3S. The summed E-state index contributed by atoms with van der Waals surface area (Å²) in [5.74, 6) is 0.232. The summed E-state index contributed by atoms with van der Waals surface area (Å²) in [6.07, 6.45) is 5.97. The minimum absolute atomic E-state index is 0.00468. The third kappa shape index (κ3) is 4.53. The van der Waals surface area contributed by atoms with Crippen molar-refractivity contribution in [2.45, 2.75) is 44.4 Å². The maximum Gasteiger partial charge on any atom is 0.338 e. The van der Waals surface area contributed by atoms with Gasteiger partial charge in [0.15, 0.2) is 0 Å². The molecule has 6 heteroatoms.